The summed E-state index contributed by atoms with van der Waals surface area (Å²) in [6, 6.07) is 11.0. The van der Waals surface area contributed by atoms with Gasteiger partial charge in [0.2, 0.25) is 0 Å². The van der Waals surface area contributed by atoms with E-state index in [0.717, 1.165) is 11.4 Å². The van der Waals surface area contributed by atoms with E-state index in [2.05, 4.69) is 10.3 Å². The topological polar surface area (TPSA) is 34.1 Å². The summed E-state index contributed by atoms with van der Waals surface area (Å²) >= 11 is 0. The monoisotopic (exact) mass is 274 g/mol. The first-order valence-electron chi connectivity index (χ1n) is 6.58. The number of methoxy groups -OCH3 is 1. The van der Waals surface area contributed by atoms with Crippen molar-refractivity contribution in [3.8, 4) is 5.75 Å². The minimum absolute atomic E-state index is 0.0310. The Morgan fingerprint density at radius 1 is 1.25 bits per heavy atom. The van der Waals surface area contributed by atoms with Crippen LogP contribution < -0.4 is 10.1 Å². The van der Waals surface area contributed by atoms with E-state index in [-0.39, 0.29) is 17.6 Å². The molecule has 3 nitrogen and oxygen atoms in total. The number of hydrogen-bond acceptors (Lipinski definition) is 3. The molecule has 2 rings (SSSR count). The summed E-state index contributed by atoms with van der Waals surface area (Å²) in [6.07, 6.45) is 0.524. The van der Waals surface area contributed by atoms with Crippen LogP contribution in [0.4, 0.5) is 4.39 Å². The van der Waals surface area contributed by atoms with E-state index >= 15 is 0 Å². The molecule has 1 aromatic carbocycles. The fraction of sp³-hybridized carbons (Fsp3) is 0.312. The maximum Gasteiger partial charge on any atom is 0.168 e. The van der Waals surface area contributed by atoms with E-state index in [0.29, 0.717) is 12.0 Å². The third-order valence-corrected chi connectivity index (χ3v) is 3.30. The fourth-order valence-corrected chi connectivity index (χ4v) is 2.20. The number of rotatable bonds is 5. The highest BCUT2D eigenvalue weighted by Gasteiger charge is 2.16. The predicted octanol–water partition coefficient (Wildman–Crippen LogP) is 3.04. The number of halogens is 1. The summed E-state index contributed by atoms with van der Waals surface area (Å²) < 4.78 is 19.2. The van der Waals surface area contributed by atoms with Crippen LogP contribution in [-0.2, 0) is 6.42 Å². The predicted molar refractivity (Wildman–Crippen MR) is 77.4 cm³/mol. The van der Waals surface area contributed by atoms with E-state index in [1.54, 1.807) is 18.2 Å². The molecule has 1 unspecified atom stereocenters. The average Bonchev–Trinajstić information content (AvgIpc) is 2.46. The van der Waals surface area contributed by atoms with Crippen LogP contribution in [0.2, 0.25) is 0 Å². The number of nitrogens with zero attached hydrogens (tertiary/aromatic N) is 1. The highest BCUT2D eigenvalue weighted by Crippen LogP contribution is 2.24. The van der Waals surface area contributed by atoms with Crippen molar-refractivity contribution in [1.82, 2.24) is 10.3 Å². The molecule has 20 heavy (non-hydrogen) atoms. The van der Waals surface area contributed by atoms with Gasteiger partial charge in [0, 0.05) is 5.69 Å². The highest BCUT2D eigenvalue weighted by molar-refractivity contribution is 5.32. The summed E-state index contributed by atoms with van der Waals surface area (Å²) in [6.45, 7) is 1.95. The van der Waals surface area contributed by atoms with Crippen molar-refractivity contribution >= 4 is 0 Å². The van der Waals surface area contributed by atoms with Gasteiger partial charge in [0.25, 0.3) is 0 Å². The van der Waals surface area contributed by atoms with Crippen molar-refractivity contribution in [2.75, 3.05) is 14.2 Å². The molecule has 1 aromatic heterocycles. The lowest BCUT2D eigenvalue weighted by Gasteiger charge is -2.17. The van der Waals surface area contributed by atoms with Crippen molar-refractivity contribution in [2.24, 2.45) is 0 Å². The van der Waals surface area contributed by atoms with Gasteiger partial charge in [-0.2, -0.15) is 0 Å². The third kappa shape index (κ3) is 3.14. The van der Waals surface area contributed by atoms with E-state index < -0.39 is 0 Å². The first-order valence-corrected chi connectivity index (χ1v) is 6.58. The Morgan fingerprint density at radius 2 is 2.00 bits per heavy atom. The first kappa shape index (κ1) is 14.5. The summed E-state index contributed by atoms with van der Waals surface area (Å²) in [4.78, 5) is 4.50. The van der Waals surface area contributed by atoms with Crippen LogP contribution in [0.3, 0.4) is 0 Å². The SMILES string of the molecule is CNC(Cc1cccc(OC)c1F)c1cccc(C)n1. The van der Waals surface area contributed by atoms with Crippen molar-refractivity contribution in [3.05, 3.63) is 59.2 Å². The lowest BCUT2D eigenvalue weighted by atomic mass is 10.0. The number of pyridine rings is 1. The molecule has 0 aliphatic carbocycles. The van der Waals surface area contributed by atoms with Gasteiger partial charge in [-0.25, -0.2) is 4.39 Å². The van der Waals surface area contributed by atoms with Crippen LogP contribution in [0.25, 0.3) is 0 Å². The number of likely N-dealkylation sites (N-methyl/N-ethyl adjacent to an activating group) is 1. The summed E-state index contributed by atoms with van der Waals surface area (Å²) in [5, 5.41) is 3.19. The fourth-order valence-electron chi connectivity index (χ4n) is 2.20. The van der Waals surface area contributed by atoms with Gasteiger partial charge < -0.3 is 10.1 Å². The van der Waals surface area contributed by atoms with Gasteiger partial charge in [-0.15, -0.1) is 0 Å². The Labute approximate surface area is 118 Å². The van der Waals surface area contributed by atoms with Crippen LogP contribution in [0.5, 0.6) is 5.75 Å². The summed E-state index contributed by atoms with van der Waals surface area (Å²) in [5.74, 6) is -0.0301. The van der Waals surface area contributed by atoms with Crippen LogP contribution in [0.1, 0.15) is 23.0 Å². The molecule has 106 valence electrons. The Kier molecular flexibility index (Phi) is 4.69. The molecule has 0 saturated carbocycles. The number of hydrogen-bond donors (Lipinski definition) is 1. The van der Waals surface area contributed by atoms with Gasteiger partial charge >= 0.3 is 0 Å². The first-order chi connectivity index (χ1) is 9.65. The number of aromatic nitrogens is 1. The van der Waals surface area contributed by atoms with Crippen molar-refractivity contribution in [3.63, 3.8) is 0 Å². The average molecular weight is 274 g/mol. The minimum atomic E-state index is -0.303. The smallest absolute Gasteiger partial charge is 0.168 e. The second kappa shape index (κ2) is 6.48. The molecule has 0 aliphatic rings. The molecular formula is C16H19FN2O. The number of benzene rings is 1. The minimum Gasteiger partial charge on any atom is -0.494 e. The van der Waals surface area contributed by atoms with Gasteiger partial charge in [0.15, 0.2) is 11.6 Å². The molecule has 0 aliphatic heterocycles. The Morgan fingerprint density at radius 3 is 2.65 bits per heavy atom. The van der Waals surface area contributed by atoms with Gasteiger partial charge in [0.05, 0.1) is 18.8 Å². The maximum atomic E-state index is 14.2. The normalized spacial score (nSPS) is 12.2. The molecule has 0 fully saturated rings. The Balaban J connectivity index is 2.27. The molecule has 0 bridgehead atoms. The largest absolute Gasteiger partial charge is 0.494 e. The van der Waals surface area contributed by atoms with Crippen LogP contribution in [0, 0.1) is 12.7 Å². The number of nitrogens with one attached hydrogen (secondary N) is 1. The molecule has 0 amide bonds. The van der Waals surface area contributed by atoms with E-state index in [4.69, 9.17) is 4.74 Å². The maximum absolute atomic E-state index is 14.2. The third-order valence-electron chi connectivity index (χ3n) is 3.30. The van der Waals surface area contributed by atoms with Crippen LogP contribution in [-0.4, -0.2) is 19.1 Å². The van der Waals surface area contributed by atoms with E-state index in [1.807, 2.05) is 32.2 Å². The van der Waals surface area contributed by atoms with Crippen molar-refractivity contribution in [2.45, 2.75) is 19.4 Å². The molecule has 4 heteroatoms. The van der Waals surface area contributed by atoms with Gasteiger partial charge in [-0.05, 0) is 44.2 Å². The van der Waals surface area contributed by atoms with Crippen LogP contribution in [0.15, 0.2) is 36.4 Å². The molecule has 1 N–H and O–H groups in total. The van der Waals surface area contributed by atoms with Gasteiger partial charge in [-0.1, -0.05) is 18.2 Å². The zero-order valence-corrected chi connectivity index (χ0v) is 12.0. The zero-order valence-electron chi connectivity index (χ0n) is 12.0. The quantitative estimate of drug-likeness (QED) is 0.910. The zero-order chi connectivity index (χ0) is 14.5. The van der Waals surface area contributed by atoms with Crippen LogP contribution >= 0.6 is 0 Å². The second-order valence-corrected chi connectivity index (χ2v) is 4.68. The number of ether oxygens (including phenoxy) is 1. The Hall–Kier alpha value is -1.94. The lowest BCUT2D eigenvalue weighted by molar-refractivity contribution is 0.382. The molecule has 0 saturated heterocycles. The van der Waals surface area contributed by atoms with Crippen molar-refractivity contribution < 1.29 is 9.13 Å². The molecule has 1 heterocycles. The van der Waals surface area contributed by atoms with Crippen molar-refractivity contribution in [1.29, 1.82) is 0 Å². The number of aryl methyl sites for hydroxylation is 1. The molecule has 2 aromatic rings. The molecule has 0 radical (unpaired) electrons. The molecular weight excluding hydrogens is 255 g/mol. The second-order valence-electron chi connectivity index (χ2n) is 4.68. The van der Waals surface area contributed by atoms with E-state index in [1.165, 1.54) is 7.11 Å². The molecule has 0 spiro atoms. The highest BCUT2D eigenvalue weighted by atomic mass is 19.1. The lowest BCUT2D eigenvalue weighted by Crippen LogP contribution is -2.20. The van der Waals surface area contributed by atoms with Gasteiger partial charge in [-0.3, -0.25) is 4.98 Å². The van der Waals surface area contributed by atoms with E-state index in [9.17, 15) is 4.39 Å². The summed E-state index contributed by atoms with van der Waals surface area (Å²) in [5.41, 5.74) is 2.48. The molecule has 1 atom stereocenters. The van der Waals surface area contributed by atoms with Gasteiger partial charge in [0.1, 0.15) is 0 Å². The summed E-state index contributed by atoms with van der Waals surface area (Å²) in [7, 11) is 3.33. The standard InChI is InChI=1S/C16H19FN2O/c1-11-6-4-8-13(19-11)14(18-2)10-12-7-5-9-15(20-3)16(12)17/h4-9,14,18H,10H2,1-3H3. The Bertz CT molecular complexity index is 586.